The van der Waals surface area contributed by atoms with Crippen LogP contribution in [0.25, 0.3) is 0 Å². The van der Waals surface area contributed by atoms with E-state index in [-0.39, 0.29) is 54.1 Å². The zero-order valence-corrected chi connectivity index (χ0v) is 21.2. The van der Waals surface area contributed by atoms with Gasteiger partial charge >= 0.3 is 23.9 Å². The van der Waals surface area contributed by atoms with E-state index in [1.807, 2.05) is 6.08 Å². The van der Waals surface area contributed by atoms with Crippen LogP contribution in [0, 0.1) is 22.7 Å². The second kappa shape index (κ2) is 9.22. The maximum absolute atomic E-state index is 12.4. The van der Waals surface area contributed by atoms with Gasteiger partial charge in [-0.25, -0.2) is 4.79 Å². The highest BCUT2D eigenvalue weighted by Crippen LogP contribution is 2.66. The lowest BCUT2D eigenvalue weighted by molar-refractivity contribution is -0.201. The van der Waals surface area contributed by atoms with E-state index in [0.717, 1.165) is 19.3 Å². The van der Waals surface area contributed by atoms with Gasteiger partial charge in [-0.15, -0.1) is 0 Å². The second-order valence-electron chi connectivity index (χ2n) is 11.0. The van der Waals surface area contributed by atoms with Gasteiger partial charge in [-0.1, -0.05) is 19.9 Å². The highest BCUT2D eigenvalue weighted by molar-refractivity contribution is 5.92. The summed E-state index contributed by atoms with van der Waals surface area (Å²) in [7, 11) is 0. The molecule has 4 fully saturated rings. The SMILES string of the molecule is CC(=O)OC[C@@]1(C)[C@@H]2CC[C@]3(CO3)[C@@H](C/C=C3/C(=O)OC[C@H]3OC(C)=O)[C@]2(C)CC[C@H]1OC(C)=O. The smallest absolute Gasteiger partial charge is 0.337 e. The molecular formula is C26H36O9. The predicted octanol–water partition coefficient (Wildman–Crippen LogP) is 2.89. The molecule has 4 rings (SSSR count). The molecule has 4 aliphatic rings. The molecule has 0 aromatic rings. The normalized spacial score (nSPS) is 41.2. The molecule has 0 bridgehead atoms. The van der Waals surface area contributed by atoms with Gasteiger partial charge in [0.05, 0.1) is 17.8 Å². The Balaban J connectivity index is 1.65. The van der Waals surface area contributed by atoms with E-state index in [2.05, 4.69) is 13.8 Å². The number of rotatable bonds is 6. The number of allylic oxidation sites excluding steroid dienone is 1. The fraction of sp³-hybridized carbons (Fsp3) is 0.769. The summed E-state index contributed by atoms with van der Waals surface area (Å²) in [5, 5.41) is 0. The molecule has 2 aliphatic heterocycles. The highest BCUT2D eigenvalue weighted by atomic mass is 16.6. The molecule has 2 saturated carbocycles. The van der Waals surface area contributed by atoms with Gasteiger partial charge < -0.3 is 23.7 Å². The van der Waals surface area contributed by atoms with Crippen molar-refractivity contribution in [3.8, 4) is 0 Å². The van der Waals surface area contributed by atoms with Crippen molar-refractivity contribution in [2.75, 3.05) is 19.8 Å². The molecule has 35 heavy (non-hydrogen) atoms. The van der Waals surface area contributed by atoms with Gasteiger partial charge in [0.25, 0.3) is 0 Å². The Morgan fingerprint density at radius 1 is 1.03 bits per heavy atom. The third kappa shape index (κ3) is 4.71. The highest BCUT2D eigenvalue weighted by Gasteiger charge is 2.67. The molecule has 7 atom stereocenters. The van der Waals surface area contributed by atoms with Crippen LogP contribution >= 0.6 is 0 Å². The predicted molar refractivity (Wildman–Crippen MR) is 122 cm³/mol. The first-order valence-corrected chi connectivity index (χ1v) is 12.4. The molecule has 0 radical (unpaired) electrons. The first-order chi connectivity index (χ1) is 16.4. The fourth-order valence-corrected chi connectivity index (χ4v) is 7.14. The number of cyclic esters (lactones) is 1. The summed E-state index contributed by atoms with van der Waals surface area (Å²) in [6, 6.07) is 0. The van der Waals surface area contributed by atoms with Crippen molar-refractivity contribution in [2.24, 2.45) is 22.7 Å². The maximum atomic E-state index is 12.4. The van der Waals surface area contributed by atoms with Crippen LogP contribution in [0.2, 0.25) is 0 Å². The van der Waals surface area contributed by atoms with Crippen LogP contribution in [-0.2, 0) is 42.9 Å². The van der Waals surface area contributed by atoms with Crippen LogP contribution in [0.5, 0.6) is 0 Å². The fourth-order valence-electron chi connectivity index (χ4n) is 7.14. The molecule has 9 heteroatoms. The molecular weight excluding hydrogens is 456 g/mol. The van der Waals surface area contributed by atoms with Crippen LogP contribution in [0.1, 0.15) is 66.7 Å². The Labute approximate surface area is 205 Å². The van der Waals surface area contributed by atoms with Crippen molar-refractivity contribution in [3.05, 3.63) is 11.6 Å². The summed E-state index contributed by atoms with van der Waals surface area (Å²) in [4.78, 5) is 47.5. The summed E-state index contributed by atoms with van der Waals surface area (Å²) in [6.07, 6.45) is 4.51. The van der Waals surface area contributed by atoms with Crippen molar-refractivity contribution in [3.63, 3.8) is 0 Å². The van der Waals surface area contributed by atoms with E-state index >= 15 is 0 Å². The number of carbonyl (C=O) groups is 4. The zero-order chi connectivity index (χ0) is 25.6. The average Bonchev–Trinajstić information content (AvgIpc) is 3.45. The van der Waals surface area contributed by atoms with Crippen molar-refractivity contribution in [2.45, 2.75) is 84.5 Å². The number of epoxide rings is 1. The lowest BCUT2D eigenvalue weighted by atomic mass is 9.45. The quantitative estimate of drug-likeness (QED) is 0.239. The van der Waals surface area contributed by atoms with Crippen LogP contribution in [0.4, 0.5) is 0 Å². The van der Waals surface area contributed by atoms with E-state index in [0.29, 0.717) is 25.0 Å². The third-order valence-corrected chi connectivity index (χ3v) is 8.80. The number of fused-ring (bicyclic) bond motifs is 1. The minimum atomic E-state index is -0.697. The molecule has 2 aliphatic carbocycles. The maximum Gasteiger partial charge on any atom is 0.337 e. The Hall–Kier alpha value is -2.42. The minimum absolute atomic E-state index is 0.0287. The average molecular weight is 493 g/mol. The van der Waals surface area contributed by atoms with Crippen molar-refractivity contribution >= 4 is 23.9 Å². The van der Waals surface area contributed by atoms with Crippen molar-refractivity contribution < 1.29 is 42.9 Å². The van der Waals surface area contributed by atoms with E-state index in [9.17, 15) is 19.2 Å². The summed E-state index contributed by atoms with van der Waals surface area (Å²) < 4.78 is 27.8. The molecule has 9 nitrogen and oxygen atoms in total. The molecule has 0 N–H and O–H groups in total. The molecule has 2 heterocycles. The Kier molecular flexibility index (Phi) is 6.76. The molecule has 0 aromatic carbocycles. The first kappa shape index (κ1) is 25.7. The molecule has 0 unspecified atom stereocenters. The lowest BCUT2D eigenvalue weighted by Gasteiger charge is -2.61. The molecule has 1 spiro atoms. The standard InChI is InChI=1S/C26H36O9/c1-15(27)32-13-25(5)20-8-11-26(14-33-26)21(24(20,4)10-9-22(25)35-17(3)29)7-6-18-19(34-16(2)28)12-31-23(18)30/h6,19-22H,7-14H2,1-5H3/b18-6+/t19-,20-,21+,22-,24-,25+,26+/m1/s1. The molecule has 0 aromatic heterocycles. The number of hydrogen-bond acceptors (Lipinski definition) is 9. The van der Waals surface area contributed by atoms with E-state index in [1.165, 1.54) is 20.8 Å². The van der Waals surface area contributed by atoms with Crippen LogP contribution < -0.4 is 0 Å². The number of carbonyl (C=O) groups excluding carboxylic acids is 4. The largest absolute Gasteiger partial charge is 0.465 e. The first-order valence-electron chi connectivity index (χ1n) is 12.4. The van der Waals surface area contributed by atoms with Crippen LogP contribution in [0.3, 0.4) is 0 Å². The number of hydrogen-bond donors (Lipinski definition) is 0. The van der Waals surface area contributed by atoms with Gasteiger partial charge in [0.1, 0.15) is 19.3 Å². The summed E-state index contributed by atoms with van der Waals surface area (Å²) in [6.45, 7) is 9.26. The summed E-state index contributed by atoms with van der Waals surface area (Å²) >= 11 is 0. The topological polar surface area (TPSA) is 118 Å². The Morgan fingerprint density at radius 2 is 1.71 bits per heavy atom. The lowest BCUT2D eigenvalue weighted by Crippen LogP contribution is -2.61. The van der Waals surface area contributed by atoms with Gasteiger partial charge in [0.2, 0.25) is 0 Å². The zero-order valence-electron chi connectivity index (χ0n) is 21.2. The second-order valence-corrected chi connectivity index (χ2v) is 11.0. The van der Waals surface area contributed by atoms with Crippen molar-refractivity contribution in [1.29, 1.82) is 0 Å². The monoisotopic (exact) mass is 492 g/mol. The van der Waals surface area contributed by atoms with Gasteiger partial charge in [0.15, 0.2) is 6.10 Å². The van der Waals surface area contributed by atoms with E-state index < -0.39 is 23.5 Å². The van der Waals surface area contributed by atoms with E-state index in [1.54, 1.807) is 0 Å². The van der Waals surface area contributed by atoms with Crippen molar-refractivity contribution in [1.82, 2.24) is 0 Å². The summed E-state index contributed by atoms with van der Waals surface area (Å²) in [5.41, 5.74) is -0.661. The molecule has 2 saturated heterocycles. The van der Waals surface area contributed by atoms with Gasteiger partial charge in [-0.3, -0.25) is 14.4 Å². The molecule has 194 valence electrons. The Morgan fingerprint density at radius 3 is 2.31 bits per heavy atom. The van der Waals surface area contributed by atoms with Gasteiger partial charge in [-0.2, -0.15) is 0 Å². The molecule has 0 amide bonds. The van der Waals surface area contributed by atoms with E-state index in [4.69, 9.17) is 23.7 Å². The van der Waals surface area contributed by atoms with Gasteiger partial charge in [0, 0.05) is 26.2 Å². The van der Waals surface area contributed by atoms with Crippen LogP contribution in [0.15, 0.2) is 11.6 Å². The Bertz CT molecular complexity index is 935. The number of ether oxygens (including phenoxy) is 5. The summed E-state index contributed by atoms with van der Waals surface area (Å²) in [5.74, 6) is -1.44. The third-order valence-electron chi connectivity index (χ3n) is 8.80. The number of esters is 4. The van der Waals surface area contributed by atoms with Gasteiger partial charge in [-0.05, 0) is 49.4 Å². The van der Waals surface area contributed by atoms with Crippen LogP contribution in [-0.4, -0.2) is 61.5 Å². The minimum Gasteiger partial charge on any atom is -0.465 e.